The summed E-state index contributed by atoms with van der Waals surface area (Å²) in [5, 5.41) is 0. The zero-order valence-corrected chi connectivity index (χ0v) is 7.26. The molecule has 0 aromatic heterocycles. The van der Waals surface area contributed by atoms with Gasteiger partial charge in [-0.25, -0.2) is 0 Å². The number of hydrogen-bond acceptors (Lipinski definition) is 2. The van der Waals surface area contributed by atoms with Crippen molar-refractivity contribution in [3.63, 3.8) is 0 Å². The molecule has 0 saturated heterocycles. The highest BCUT2D eigenvalue weighted by atomic mass is 16.5. The Kier molecular flexibility index (Phi) is 5.64. The maximum absolute atomic E-state index is 5.82. The number of rotatable bonds is 5. The van der Waals surface area contributed by atoms with Gasteiger partial charge in [0.25, 0.3) is 0 Å². The second-order valence-electron chi connectivity index (χ2n) is 2.63. The summed E-state index contributed by atoms with van der Waals surface area (Å²) in [6, 6.07) is 0.222. The van der Waals surface area contributed by atoms with Crippen LogP contribution in [0.3, 0.4) is 0 Å². The molecule has 2 atom stereocenters. The van der Waals surface area contributed by atoms with E-state index in [1.165, 1.54) is 0 Å². The Morgan fingerprint density at radius 3 is 2.30 bits per heavy atom. The van der Waals surface area contributed by atoms with Crippen molar-refractivity contribution < 1.29 is 4.74 Å². The van der Waals surface area contributed by atoms with Gasteiger partial charge in [-0.15, -0.1) is 0 Å². The Bertz CT molecular complexity index is 71.7. The van der Waals surface area contributed by atoms with E-state index in [4.69, 9.17) is 10.5 Å². The Balaban J connectivity index is 3.53. The summed E-state index contributed by atoms with van der Waals surface area (Å²) in [7, 11) is 1.73. The van der Waals surface area contributed by atoms with Crippen LogP contribution >= 0.6 is 0 Å². The van der Waals surface area contributed by atoms with E-state index < -0.39 is 0 Å². The van der Waals surface area contributed by atoms with Crippen molar-refractivity contribution in [2.45, 2.75) is 45.3 Å². The molecule has 0 fully saturated rings. The minimum atomic E-state index is 0.222. The fourth-order valence-corrected chi connectivity index (χ4v) is 1.16. The molecule has 2 N–H and O–H groups in total. The molecule has 0 bridgehead atoms. The van der Waals surface area contributed by atoms with E-state index in [1.54, 1.807) is 7.11 Å². The topological polar surface area (TPSA) is 35.2 Å². The van der Waals surface area contributed by atoms with Crippen LogP contribution in [-0.4, -0.2) is 19.3 Å². The lowest BCUT2D eigenvalue weighted by atomic mass is 10.1. The van der Waals surface area contributed by atoms with Gasteiger partial charge < -0.3 is 10.5 Å². The molecule has 10 heavy (non-hydrogen) atoms. The highest BCUT2D eigenvalue weighted by molar-refractivity contribution is 4.70. The molecule has 0 aliphatic carbocycles. The van der Waals surface area contributed by atoms with Crippen LogP contribution in [0.5, 0.6) is 0 Å². The van der Waals surface area contributed by atoms with Crippen molar-refractivity contribution in [1.82, 2.24) is 0 Å². The first-order valence-electron chi connectivity index (χ1n) is 4.04. The van der Waals surface area contributed by atoms with Crippen molar-refractivity contribution in [2.24, 2.45) is 5.73 Å². The molecule has 1 unspecified atom stereocenters. The molecule has 0 aliphatic heterocycles. The molecule has 0 spiro atoms. The van der Waals surface area contributed by atoms with Gasteiger partial charge in [0.05, 0.1) is 6.10 Å². The first-order valence-corrected chi connectivity index (χ1v) is 4.04. The van der Waals surface area contributed by atoms with Gasteiger partial charge in [-0.2, -0.15) is 0 Å². The molecule has 0 radical (unpaired) electrons. The van der Waals surface area contributed by atoms with Gasteiger partial charge >= 0.3 is 0 Å². The third kappa shape index (κ3) is 3.18. The summed E-state index contributed by atoms with van der Waals surface area (Å²) in [4.78, 5) is 0. The second-order valence-corrected chi connectivity index (χ2v) is 2.63. The fourth-order valence-electron chi connectivity index (χ4n) is 1.16. The molecule has 0 aromatic carbocycles. The first-order chi connectivity index (χ1) is 4.76. The van der Waals surface area contributed by atoms with Crippen LogP contribution in [0.1, 0.15) is 33.1 Å². The van der Waals surface area contributed by atoms with Crippen molar-refractivity contribution >= 4 is 0 Å². The molecule has 62 valence electrons. The Hall–Kier alpha value is -0.0800. The lowest BCUT2D eigenvalue weighted by Gasteiger charge is -2.20. The van der Waals surface area contributed by atoms with Crippen LogP contribution in [0, 0.1) is 0 Å². The van der Waals surface area contributed by atoms with E-state index in [9.17, 15) is 0 Å². The van der Waals surface area contributed by atoms with Crippen LogP contribution < -0.4 is 5.73 Å². The van der Waals surface area contributed by atoms with Crippen molar-refractivity contribution in [2.75, 3.05) is 7.11 Å². The Morgan fingerprint density at radius 1 is 1.40 bits per heavy atom. The maximum atomic E-state index is 5.82. The number of nitrogens with two attached hydrogens (primary N) is 1. The summed E-state index contributed by atoms with van der Waals surface area (Å²) in [5.41, 5.74) is 5.82. The third-order valence-corrected chi connectivity index (χ3v) is 1.80. The normalized spacial score (nSPS) is 16.8. The standard InChI is InChI=1S/C8H19NO/c1-4-6-7(9)8(5-2)10-3/h7-8H,4-6,9H2,1-3H3/t7-,8?/m1/s1. The SMILES string of the molecule is CCC[C@@H](N)C(CC)OC. The molecule has 0 amide bonds. The molecular formula is C8H19NO. The van der Waals surface area contributed by atoms with Gasteiger partial charge in [0.2, 0.25) is 0 Å². The summed E-state index contributed by atoms with van der Waals surface area (Å²) in [5.74, 6) is 0. The summed E-state index contributed by atoms with van der Waals surface area (Å²) >= 11 is 0. The number of hydrogen-bond donors (Lipinski definition) is 1. The maximum Gasteiger partial charge on any atom is 0.0719 e. The monoisotopic (exact) mass is 145 g/mol. The van der Waals surface area contributed by atoms with Gasteiger partial charge in [-0.05, 0) is 12.8 Å². The first kappa shape index (κ1) is 9.92. The molecular weight excluding hydrogens is 126 g/mol. The van der Waals surface area contributed by atoms with E-state index >= 15 is 0 Å². The second kappa shape index (κ2) is 5.69. The minimum Gasteiger partial charge on any atom is -0.380 e. The fraction of sp³-hybridized carbons (Fsp3) is 1.00. The van der Waals surface area contributed by atoms with Crippen LogP contribution in [0.4, 0.5) is 0 Å². The van der Waals surface area contributed by atoms with E-state index in [1.807, 2.05) is 0 Å². The number of methoxy groups -OCH3 is 1. The quantitative estimate of drug-likeness (QED) is 0.637. The lowest BCUT2D eigenvalue weighted by molar-refractivity contribution is 0.0746. The summed E-state index contributed by atoms with van der Waals surface area (Å²) in [6.45, 7) is 4.24. The number of ether oxygens (including phenoxy) is 1. The van der Waals surface area contributed by atoms with E-state index in [0.717, 1.165) is 19.3 Å². The molecule has 2 nitrogen and oxygen atoms in total. The third-order valence-electron chi connectivity index (χ3n) is 1.80. The minimum absolute atomic E-state index is 0.222. The molecule has 0 aliphatic rings. The molecule has 0 saturated carbocycles. The van der Waals surface area contributed by atoms with Crippen LogP contribution in [0.25, 0.3) is 0 Å². The predicted octanol–water partition coefficient (Wildman–Crippen LogP) is 1.54. The van der Waals surface area contributed by atoms with E-state index in [2.05, 4.69) is 13.8 Å². The zero-order chi connectivity index (χ0) is 7.98. The highest BCUT2D eigenvalue weighted by Gasteiger charge is 2.12. The van der Waals surface area contributed by atoms with Gasteiger partial charge in [0.15, 0.2) is 0 Å². The summed E-state index contributed by atoms with van der Waals surface area (Å²) < 4.78 is 5.19. The van der Waals surface area contributed by atoms with Crippen molar-refractivity contribution in [3.8, 4) is 0 Å². The predicted molar refractivity (Wildman–Crippen MR) is 44.0 cm³/mol. The molecule has 0 rings (SSSR count). The summed E-state index contributed by atoms with van der Waals surface area (Å²) in [6.07, 6.45) is 3.46. The highest BCUT2D eigenvalue weighted by Crippen LogP contribution is 2.05. The zero-order valence-electron chi connectivity index (χ0n) is 7.26. The smallest absolute Gasteiger partial charge is 0.0719 e. The van der Waals surface area contributed by atoms with Crippen LogP contribution in [0.2, 0.25) is 0 Å². The Morgan fingerprint density at radius 2 is 2.00 bits per heavy atom. The van der Waals surface area contributed by atoms with E-state index in [0.29, 0.717) is 0 Å². The Labute approximate surface area is 63.7 Å². The van der Waals surface area contributed by atoms with Gasteiger partial charge in [0.1, 0.15) is 0 Å². The molecule has 2 heteroatoms. The van der Waals surface area contributed by atoms with Crippen LogP contribution in [-0.2, 0) is 4.74 Å². The van der Waals surface area contributed by atoms with E-state index in [-0.39, 0.29) is 12.1 Å². The van der Waals surface area contributed by atoms with Crippen LogP contribution in [0.15, 0.2) is 0 Å². The van der Waals surface area contributed by atoms with Crippen molar-refractivity contribution in [3.05, 3.63) is 0 Å². The average Bonchev–Trinajstić information content (AvgIpc) is 1.91. The van der Waals surface area contributed by atoms with Gasteiger partial charge in [-0.1, -0.05) is 20.3 Å². The lowest BCUT2D eigenvalue weighted by Crippen LogP contribution is -2.35. The molecule has 0 aromatic rings. The van der Waals surface area contributed by atoms with Crippen molar-refractivity contribution in [1.29, 1.82) is 0 Å². The molecule has 0 heterocycles. The van der Waals surface area contributed by atoms with Gasteiger partial charge in [0, 0.05) is 13.2 Å². The average molecular weight is 145 g/mol. The van der Waals surface area contributed by atoms with Gasteiger partial charge in [-0.3, -0.25) is 0 Å². The largest absolute Gasteiger partial charge is 0.380 e.